The topological polar surface area (TPSA) is 52.6 Å². The lowest BCUT2D eigenvalue weighted by Gasteiger charge is -2.31. The molecule has 4 heteroatoms. The molecule has 1 aliphatic carbocycles. The first-order valence-electron chi connectivity index (χ1n) is 8.39. The van der Waals surface area contributed by atoms with E-state index in [1.807, 2.05) is 48.6 Å². The minimum absolute atomic E-state index is 0.254. The van der Waals surface area contributed by atoms with Gasteiger partial charge in [-0.3, -0.25) is 9.59 Å². The zero-order valence-electron chi connectivity index (χ0n) is 14.3. The fraction of sp³-hybridized carbons (Fsp3) is 0.400. The van der Waals surface area contributed by atoms with Gasteiger partial charge in [-0.05, 0) is 38.7 Å². The van der Waals surface area contributed by atoms with Gasteiger partial charge in [0.05, 0.1) is 13.2 Å². The second-order valence-electron chi connectivity index (χ2n) is 5.75. The van der Waals surface area contributed by atoms with Gasteiger partial charge in [-0.2, -0.15) is 0 Å². The molecule has 4 nitrogen and oxygen atoms in total. The molecule has 1 aromatic rings. The van der Waals surface area contributed by atoms with Gasteiger partial charge < -0.3 is 9.47 Å². The first-order valence-corrected chi connectivity index (χ1v) is 8.39. The number of carbonyl (C=O) groups is 2. The molecule has 0 N–H and O–H groups in total. The third kappa shape index (κ3) is 4.13. The van der Waals surface area contributed by atoms with Crippen LogP contribution in [-0.4, -0.2) is 25.2 Å². The van der Waals surface area contributed by atoms with Gasteiger partial charge in [0, 0.05) is 0 Å². The highest BCUT2D eigenvalue weighted by Crippen LogP contribution is 2.38. The molecular weight excluding hydrogens is 304 g/mol. The highest BCUT2D eigenvalue weighted by Gasteiger charge is 2.49. The molecule has 0 atom stereocenters. The summed E-state index contributed by atoms with van der Waals surface area (Å²) in [6.07, 6.45) is 7.38. The summed E-state index contributed by atoms with van der Waals surface area (Å²) >= 11 is 0. The highest BCUT2D eigenvalue weighted by molar-refractivity contribution is 6.00. The molecule has 1 aromatic carbocycles. The first-order chi connectivity index (χ1) is 11.6. The smallest absolute Gasteiger partial charge is 0.323 e. The maximum absolute atomic E-state index is 12.4. The summed E-state index contributed by atoms with van der Waals surface area (Å²) in [4.78, 5) is 24.7. The molecule has 0 saturated carbocycles. The Hall–Kier alpha value is -2.36. The molecule has 24 heavy (non-hydrogen) atoms. The molecule has 0 fully saturated rings. The van der Waals surface area contributed by atoms with Crippen LogP contribution in [0.2, 0.25) is 0 Å². The van der Waals surface area contributed by atoms with Crippen LogP contribution in [0, 0.1) is 5.41 Å². The van der Waals surface area contributed by atoms with E-state index in [4.69, 9.17) is 9.47 Å². The van der Waals surface area contributed by atoms with E-state index >= 15 is 0 Å². The standard InChI is InChI=1S/C20H24O4/c1-3-23-18(21)20(19(22)24-4-2)14-12-17(13-15-20)11-10-16-8-6-5-7-9-16/h5-12H,3-4,13-15H2,1-2H3/b11-10+. The van der Waals surface area contributed by atoms with E-state index in [9.17, 15) is 9.59 Å². The van der Waals surface area contributed by atoms with Gasteiger partial charge in [-0.25, -0.2) is 0 Å². The Kier molecular flexibility index (Phi) is 6.36. The Labute approximate surface area is 143 Å². The Morgan fingerprint density at radius 3 is 2.17 bits per heavy atom. The Bertz CT molecular complexity index is 610. The highest BCUT2D eigenvalue weighted by atomic mass is 16.6. The molecule has 1 aliphatic rings. The summed E-state index contributed by atoms with van der Waals surface area (Å²) < 4.78 is 10.3. The monoisotopic (exact) mass is 328 g/mol. The molecule has 0 amide bonds. The first kappa shape index (κ1) is 18.0. The number of esters is 2. The maximum atomic E-state index is 12.4. The average Bonchev–Trinajstić information content (AvgIpc) is 2.61. The SMILES string of the molecule is CCOC(=O)C1(C(=O)OCC)CC=C(/C=C/c2ccccc2)CC1. The Balaban J connectivity index is 2.14. The third-order valence-corrected chi connectivity index (χ3v) is 4.17. The average molecular weight is 328 g/mol. The number of benzene rings is 1. The minimum atomic E-state index is -1.20. The van der Waals surface area contributed by atoms with Gasteiger partial charge in [-0.15, -0.1) is 0 Å². The van der Waals surface area contributed by atoms with Gasteiger partial charge in [-0.1, -0.05) is 54.1 Å². The lowest BCUT2D eigenvalue weighted by molar-refractivity contribution is -0.172. The summed E-state index contributed by atoms with van der Waals surface area (Å²) in [5.74, 6) is -0.962. The van der Waals surface area contributed by atoms with Crippen molar-refractivity contribution in [2.45, 2.75) is 33.1 Å². The van der Waals surface area contributed by atoms with Gasteiger partial charge in [0.25, 0.3) is 0 Å². The zero-order chi connectivity index (χ0) is 17.4. The van der Waals surface area contributed by atoms with Crippen molar-refractivity contribution < 1.29 is 19.1 Å². The summed E-state index contributed by atoms with van der Waals surface area (Å²) in [5.41, 5.74) is 1.03. The fourth-order valence-corrected chi connectivity index (χ4v) is 2.78. The second-order valence-corrected chi connectivity index (χ2v) is 5.75. The molecule has 0 saturated heterocycles. The molecule has 128 valence electrons. The molecule has 0 aromatic heterocycles. The van der Waals surface area contributed by atoms with Crippen LogP contribution in [0.25, 0.3) is 6.08 Å². The zero-order valence-corrected chi connectivity index (χ0v) is 14.3. The van der Waals surface area contributed by atoms with E-state index in [2.05, 4.69) is 0 Å². The second kappa shape index (κ2) is 8.48. The third-order valence-electron chi connectivity index (χ3n) is 4.17. The van der Waals surface area contributed by atoms with Crippen molar-refractivity contribution in [1.29, 1.82) is 0 Å². The van der Waals surface area contributed by atoms with Crippen molar-refractivity contribution in [3.63, 3.8) is 0 Å². The number of ether oxygens (including phenoxy) is 2. The van der Waals surface area contributed by atoms with Crippen molar-refractivity contribution in [2.75, 3.05) is 13.2 Å². The number of hydrogen-bond acceptors (Lipinski definition) is 4. The predicted molar refractivity (Wildman–Crippen MR) is 93.1 cm³/mol. The van der Waals surface area contributed by atoms with Gasteiger partial charge in [0.2, 0.25) is 0 Å². The van der Waals surface area contributed by atoms with Crippen LogP contribution in [0.1, 0.15) is 38.7 Å². The van der Waals surface area contributed by atoms with Gasteiger partial charge in [0.15, 0.2) is 5.41 Å². The normalized spacial score (nSPS) is 16.5. The summed E-state index contributed by atoms with van der Waals surface area (Å²) in [6, 6.07) is 10.0. The van der Waals surface area contributed by atoms with Crippen LogP contribution in [0.5, 0.6) is 0 Å². The van der Waals surface area contributed by atoms with Gasteiger partial charge in [0.1, 0.15) is 0 Å². The molecule has 0 bridgehead atoms. The lowest BCUT2D eigenvalue weighted by Crippen LogP contribution is -2.43. The van der Waals surface area contributed by atoms with Crippen molar-refractivity contribution in [2.24, 2.45) is 5.41 Å². The largest absolute Gasteiger partial charge is 0.465 e. The van der Waals surface area contributed by atoms with E-state index in [-0.39, 0.29) is 13.2 Å². The van der Waals surface area contributed by atoms with Crippen LogP contribution in [0.3, 0.4) is 0 Å². The van der Waals surface area contributed by atoms with E-state index in [1.54, 1.807) is 13.8 Å². The molecular formula is C20H24O4. The van der Waals surface area contributed by atoms with Crippen molar-refractivity contribution in [3.8, 4) is 0 Å². The molecule has 2 rings (SSSR count). The molecule has 0 heterocycles. The number of rotatable bonds is 6. The van der Waals surface area contributed by atoms with Crippen molar-refractivity contribution >= 4 is 18.0 Å². The minimum Gasteiger partial charge on any atom is -0.465 e. The quantitative estimate of drug-likeness (QED) is 0.586. The molecule has 0 radical (unpaired) electrons. The fourth-order valence-electron chi connectivity index (χ4n) is 2.78. The molecule has 0 spiro atoms. The van der Waals surface area contributed by atoms with Gasteiger partial charge >= 0.3 is 11.9 Å². The number of allylic oxidation sites excluding steroid dienone is 3. The number of carbonyl (C=O) groups excluding carboxylic acids is 2. The molecule has 0 aliphatic heterocycles. The Morgan fingerprint density at radius 1 is 1.04 bits per heavy atom. The van der Waals surface area contributed by atoms with Crippen LogP contribution >= 0.6 is 0 Å². The lowest BCUT2D eigenvalue weighted by atomic mass is 9.74. The van der Waals surface area contributed by atoms with Crippen molar-refractivity contribution in [1.82, 2.24) is 0 Å². The van der Waals surface area contributed by atoms with Crippen LogP contribution < -0.4 is 0 Å². The van der Waals surface area contributed by atoms with E-state index < -0.39 is 17.4 Å². The predicted octanol–water partition coefficient (Wildman–Crippen LogP) is 3.92. The Morgan fingerprint density at radius 2 is 1.67 bits per heavy atom. The number of hydrogen-bond donors (Lipinski definition) is 0. The van der Waals surface area contributed by atoms with Crippen LogP contribution in [0.15, 0.2) is 48.1 Å². The summed E-state index contributed by atoms with van der Waals surface area (Å²) in [7, 11) is 0. The maximum Gasteiger partial charge on any atom is 0.323 e. The molecule has 0 unspecified atom stereocenters. The van der Waals surface area contributed by atoms with Crippen LogP contribution in [-0.2, 0) is 19.1 Å². The van der Waals surface area contributed by atoms with Crippen molar-refractivity contribution in [3.05, 3.63) is 53.6 Å². The van der Waals surface area contributed by atoms with E-state index in [0.717, 1.165) is 11.1 Å². The van der Waals surface area contributed by atoms with Crippen LogP contribution in [0.4, 0.5) is 0 Å². The van der Waals surface area contributed by atoms with E-state index in [0.29, 0.717) is 19.3 Å². The summed E-state index contributed by atoms with van der Waals surface area (Å²) in [5, 5.41) is 0. The van der Waals surface area contributed by atoms with E-state index in [1.165, 1.54) is 0 Å². The summed E-state index contributed by atoms with van der Waals surface area (Å²) in [6.45, 7) is 3.99.